The Hall–Kier alpha value is -3.68. The third-order valence-corrected chi connectivity index (χ3v) is 5.29. The summed E-state index contributed by atoms with van der Waals surface area (Å²) < 4.78 is 11.1. The zero-order chi connectivity index (χ0) is 24.3. The lowest BCUT2D eigenvalue weighted by molar-refractivity contribution is -0.385. The van der Waals surface area contributed by atoms with E-state index in [-0.39, 0.29) is 38.6 Å². The highest BCUT2D eigenvalue weighted by molar-refractivity contribution is 14.1. The number of hydrogen-bond acceptors (Lipinski definition) is 8. The molecule has 1 aliphatic rings. The maximum absolute atomic E-state index is 13.3. The van der Waals surface area contributed by atoms with Crippen LogP contribution in [0.15, 0.2) is 35.9 Å². The maximum atomic E-state index is 13.3. The number of halogens is 1. The number of barbiturate groups is 1. The minimum Gasteiger partial charge on any atom is -0.506 e. The molecule has 4 amide bonds. The van der Waals surface area contributed by atoms with Crippen LogP contribution in [0.25, 0.3) is 6.08 Å². The number of aromatic hydroxyl groups is 1. The molecule has 0 spiro atoms. The summed E-state index contributed by atoms with van der Waals surface area (Å²) in [6.45, 7) is 4.06. The number of nitro benzene ring substituents is 1. The van der Waals surface area contributed by atoms with Crippen molar-refractivity contribution in [3.05, 3.63) is 55.2 Å². The topological polar surface area (TPSA) is 148 Å². The van der Waals surface area contributed by atoms with Crippen LogP contribution < -0.4 is 19.7 Å². The molecule has 1 aliphatic heterocycles. The number of hydrogen-bond donors (Lipinski definition) is 2. The van der Waals surface area contributed by atoms with Crippen molar-refractivity contribution in [2.24, 2.45) is 0 Å². The Morgan fingerprint density at radius 1 is 1.15 bits per heavy atom. The number of nitro groups is 1. The summed E-state index contributed by atoms with van der Waals surface area (Å²) in [4.78, 5) is 49.6. The lowest BCUT2D eigenvalue weighted by atomic mass is 10.1. The molecule has 0 radical (unpaired) electrons. The molecule has 11 nitrogen and oxygen atoms in total. The van der Waals surface area contributed by atoms with E-state index >= 15 is 0 Å². The van der Waals surface area contributed by atoms with Crippen LogP contribution in [0.3, 0.4) is 0 Å². The monoisotopic (exact) mass is 567 g/mol. The van der Waals surface area contributed by atoms with Gasteiger partial charge in [0.15, 0.2) is 0 Å². The number of rotatable bonds is 7. The summed E-state index contributed by atoms with van der Waals surface area (Å²) in [6, 6.07) is 5.72. The zero-order valence-corrected chi connectivity index (χ0v) is 19.6. The van der Waals surface area contributed by atoms with Gasteiger partial charge in [0.1, 0.15) is 22.8 Å². The molecular weight excluding hydrogens is 549 g/mol. The van der Waals surface area contributed by atoms with Crippen molar-refractivity contribution in [2.75, 3.05) is 18.1 Å². The largest absolute Gasteiger partial charge is 0.506 e. The van der Waals surface area contributed by atoms with Gasteiger partial charge in [-0.05, 0) is 54.6 Å². The van der Waals surface area contributed by atoms with Gasteiger partial charge in [0.05, 0.1) is 27.4 Å². The van der Waals surface area contributed by atoms with E-state index in [0.29, 0.717) is 17.3 Å². The van der Waals surface area contributed by atoms with Gasteiger partial charge in [0.2, 0.25) is 0 Å². The maximum Gasteiger partial charge on any atom is 0.336 e. The third kappa shape index (κ3) is 4.89. The van der Waals surface area contributed by atoms with Gasteiger partial charge in [-0.15, -0.1) is 0 Å². The van der Waals surface area contributed by atoms with Gasteiger partial charge in [-0.1, -0.05) is 0 Å². The van der Waals surface area contributed by atoms with Crippen LogP contribution in [-0.2, 0) is 9.59 Å². The fraction of sp³-hybridized carbons (Fsp3) is 0.190. The fourth-order valence-electron chi connectivity index (χ4n) is 3.06. The second-order valence-electron chi connectivity index (χ2n) is 6.58. The molecular formula is C21H18IN3O8. The summed E-state index contributed by atoms with van der Waals surface area (Å²) in [7, 11) is 0. The summed E-state index contributed by atoms with van der Waals surface area (Å²) in [6.07, 6.45) is 0.994. The van der Waals surface area contributed by atoms with Gasteiger partial charge in [0, 0.05) is 23.8 Å². The first-order valence-electron chi connectivity index (χ1n) is 9.65. The van der Waals surface area contributed by atoms with E-state index in [1.807, 2.05) is 0 Å². The lowest BCUT2D eigenvalue weighted by Gasteiger charge is -2.28. The first kappa shape index (κ1) is 24.0. The Morgan fingerprint density at radius 2 is 1.85 bits per heavy atom. The fourth-order valence-corrected chi connectivity index (χ4v) is 3.69. The predicted octanol–water partition coefficient (Wildman–Crippen LogP) is 3.37. The van der Waals surface area contributed by atoms with Crippen LogP contribution in [0, 0.1) is 13.7 Å². The Balaban J connectivity index is 2.13. The van der Waals surface area contributed by atoms with Gasteiger partial charge in [-0.25, -0.2) is 9.69 Å². The zero-order valence-electron chi connectivity index (χ0n) is 17.5. The molecule has 0 aromatic heterocycles. The molecule has 1 saturated heterocycles. The number of imide groups is 2. The van der Waals surface area contributed by atoms with Crippen LogP contribution in [0.2, 0.25) is 0 Å². The minimum absolute atomic E-state index is 0.0431. The van der Waals surface area contributed by atoms with Crippen molar-refractivity contribution in [2.45, 2.75) is 13.8 Å². The van der Waals surface area contributed by atoms with E-state index in [1.165, 1.54) is 12.1 Å². The molecule has 2 N–H and O–H groups in total. The number of nitrogens with zero attached hydrogens (tertiary/aromatic N) is 2. The van der Waals surface area contributed by atoms with Crippen LogP contribution >= 0.6 is 22.6 Å². The van der Waals surface area contributed by atoms with Gasteiger partial charge in [-0.2, -0.15) is 0 Å². The van der Waals surface area contributed by atoms with Gasteiger partial charge in [-0.3, -0.25) is 25.0 Å². The molecule has 1 fully saturated rings. The minimum atomic E-state index is -1.01. The summed E-state index contributed by atoms with van der Waals surface area (Å²) >= 11 is 1.69. The second-order valence-corrected chi connectivity index (χ2v) is 7.74. The number of phenolic OH excluding ortho intramolecular Hbond substituents is 1. The number of anilines is 1. The van der Waals surface area contributed by atoms with Crippen molar-refractivity contribution in [1.82, 2.24) is 5.32 Å². The van der Waals surface area contributed by atoms with Crippen LogP contribution in [0.4, 0.5) is 16.2 Å². The number of non-ortho nitro benzene ring substituents is 1. The summed E-state index contributed by atoms with van der Waals surface area (Å²) in [5.74, 6) is -1.80. The molecule has 0 unspecified atom stereocenters. The number of carbonyl (C=O) groups excluding carboxylic acids is 3. The molecule has 172 valence electrons. The van der Waals surface area contributed by atoms with E-state index in [0.717, 1.165) is 18.2 Å². The van der Waals surface area contributed by atoms with E-state index < -0.39 is 28.3 Å². The number of ether oxygens (including phenoxy) is 2. The highest BCUT2D eigenvalue weighted by Crippen LogP contribution is 2.36. The van der Waals surface area contributed by atoms with Crippen LogP contribution in [-0.4, -0.2) is 41.1 Å². The number of benzene rings is 2. The Labute approximate surface area is 201 Å². The standard InChI is InChI=1S/C21H18IN3O8/c1-3-32-13-5-6-17(33-4-2)16(10-13)24-20(28)14(19(27)23-21(24)29)8-11-7-12(25(30)31)9-15(22)18(11)26/h5-10,26H,3-4H2,1-2H3,(H,23,27,29)/b14-8+. The molecule has 0 atom stereocenters. The third-order valence-electron chi connectivity index (χ3n) is 4.47. The Kier molecular flexibility index (Phi) is 7.16. The molecule has 2 aromatic rings. The molecule has 2 aromatic carbocycles. The van der Waals surface area contributed by atoms with Gasteiger partial charge >= 0.3 is 6.03 Å². The lowest BCUT2D eigenvalue weighted by Crippen LogP contribution is -2.54. The van der Waals surface area contributed by atoms with Crippen LogP contribution in [0.5, 0.6) is 17.2 Å². The average Bonchev–Trinajstić information content (AvgIpc) is 2.75. The van der Waals surface area contributed by atoms with Crippen molar-refractivity contribution < 1.29 is 33.9 Å². The van der Waals surface area contributed by atoms with E-state index in [4.69, 9.17) is 9.47 Å². The number of nitrogens with one attached hydrogen (secondary N) is 1. The first-order valence-corrected chi connectivity index (χ1v) is 10.7. The molecule has 3 rings (SSSR count). The number of carbonyl (C=O) groups is 3. The summed E-state index contributed by atoms with van der Waals surface area (Å²) in [5.41, 5.74) is -0.940. The number of amides is 4. The molecule has 1 heterocycles. The van der Waals surface area contributed by atoms with Crippen molar-refractivity contribution >= 4 is 57.9 Å². The normalized spacial score (nSPS) is 14.9. The smallest absolute Gasteiger partial charge is 0.336 e. The van der Waals surface area contributed by atoms with E-state index in [2.05, 4.69) is 5.32 Å². The van der Waals surface area contributed by atoms with E-state index in [9.17, 15) is 29.6 Å². The SMILES string of the molecule is CCOc1ccc(OCC)c(N2C(=O)NC(=O)/C(=C\c3cc([N+](=O)[O-])cc(I)c3O)C2=O)c1. The number of phenols is 1. The molecule has 0 bridgehead atoms. The molecule has 0 aliphatic carbocycles. The molecule has 0 saturated carbocycles. The summed E-state index contributed by atoms with van der Waals surface area (Å²) in [5, 5.41) is 23.6. The Morgan fingerprint density at radius 3 is 2.48 bits per heavy atom. The quantitative estimate of drug-likeness (QED) is 0.170. The van der Waals surface area contributed by atoms with Gasteiger partial charge in [0.25, 0.3) is 17.5 Å². The highest BCUT2D eigenvalue weighted by atomic mass is 127. The molecule has 33 heavy (non-hydrogen) atoms. The second kappa shape index (κ2) is 9.85. The van der Waals surface area contributed by atoms with Crippen molar-refractivity contribution in [1.29, 1.82) is 0 Å². The van der Waals surface area contributed by atoms with Crippen LogP contribution in [0.1, 0.15) is 19.4 Å². The van der Waals surface area contributed by atoms with Gasteiger partial charge < -0.3 is 14.6 Å². The first-order chi connectivity index (χ1) is 15.7. The van der Waals surface area contributed by atoms with E-state index in [1.54, 1.807) is 42.5 Å². The van der Waals surface area contributed by atoms with Crippen molar-refractivity contribution in [3.63, 3.8) is 0 Å². The number of urea groups is 1. The average molecular weight is 567 g/mol. The van der Waals surface area contributed by atoms with Crippen molar-refractivity contribution in [3.8, 4) is 17.2 Å². The highest BCUT2D eigenvalue weighted by Gasteiger charge is 2.38. The predicted molar refractivity (Wildman–Crippen MR) is 125 cm³/mol. The Bertz CT molecular complexity index is 1190. The molecule has 12 heteroatoms.